The molecule has 0 saturated heterocycles. The monoisotopic (exact) mass is 260 g/mol. The highest BCUT2D eigenvalue weighted by Gasteiger charge is 2.17. The van der Waals surface area contributed by atoms with Crippen LogP contribution in [-0.4, -0.2) is 28.5 Å². The van der Waals surface area contributed by atoms with Crippen LogP contribution in [-0.2, 0) is 0 Å². The highest BCUT2D eigenvalue weighted by Crippen LogP contribution is 2.17. The minimum absolute atomic E-state index is 0.130. The predicted octanol–water partition coefficient (Wildman–Crippen LogP) is 2.14. The van der Waals surface area contributed by atoms with Gasteiger partial charge < -0.3 is 10.6 Å². The quantitative estimate of drug-likeness (QED) is 0.796. The highest BCUT2D eigenvalue weighted by molar-refractivity contribution is 5.92. The molecule has 1 heterocycles. The molecule has 102 valence electrons. The lowest BCUT2D eigenvalue weighted by Crippen LogP contribution is -2.36. The lowest BCUT2D eigenvalue weighted by atomic mass is 9.95. The second-order valence-electron chi connectivity index (χ2n) is 4.76. The van der Waals surface area contributed by atoms with Crippen molar-refractivity contribution >= 4 is 11.7 Å². The molecule has 1 amide bonds. The van der Waals surface area contributed by atoms with E-state index in [9.17, 15) is 4.79 Å². The summed E-state index contributed by atoms with van der Waals surface area (Å²) in [4.78, 5) is 20.3. The van der Waals surface area contributed by atoms with Crippen LogP contribution in [0.5, 0.6) is 0 Å². The molecule has 2 N–H and O–H groups in total. The van der Waals surface area contributed by atoms with Gasteiger partial charge in [0.1, 0.15) is 11.5 Å². The Bertz CT molecular complexity index is 424. The number of carbonyl (C=O) groups excluding carboxylic acids is 1. The smallest absolute Gasteiger partial charge is 0.271 e. The van der Waals surface area contributed by atoms with E-state index >= 15 is 0 Å². The van der Waals surface area contributed by atoms with E-state index in [1.54, 1.807) is 12.3 Å². The van der Waals surface area contributed by atoms with E-state index in [1.165, 1.54) is 25.5 Å². The Morgan fingerprint density at radius 3 is 2.74 bits per heavy atom. The molecule has 5 nitrogen and oxygen atoms in total. The second-order valence-corrected chi connectivity index (χ2v) is 4.76. The number of carbonyl (C=O) groups is 1. The molecule has 1 aliphatic rings. The Kier molecular flexibility index (Phi) is 4.89. The third kappa shape index (κ3) is 4.05. The highest BCUT2D eigenvalue weighted by atomic mass is 16.1. The third-order valence-electron chi connectivity index (χ3n) is 3.25. The van der Waals surface area contributed by atoms with Gasteiger partial charge in [0.25, 0.3) is 5.91 Å². The fourth-order valence-electron chi connectivity index (χ4n) is 2.22. The van der Waals surface area contributed by atoms with E-state index in [-0.39, 0.29) is 5.91 Å². The van der Waals surface area contributed by atoms with Gasteiger partial charge in [-0.25, -0.2) is 9.97 Å². The number of amides is 1. The average Bonchev–Trinajstić information content (AvgIpc) is 2.46. The van der Waals surface area contributed by atoms with Crippen LogP contribution in [0.1, 0.15) is 42.6 Å². The summed E-state index contributed by atoms with van der Waals surface area (Å²) in [6.45, 7) is 4.24. The van der Waals surface area contributed by atoms with E-state index in [2.05, 4.69) is 27.2 Å². The molecule has 0 unspecified atom stereocenters. The van der Waals surface area contributed by atoms with Crippen molar-refractivity contribution in [1.29, 1.82) is 0 Å². The molecule has 19 heavy (non-hydrogen) atoms. The van der Waals surface area contributed by atoms with Crippen molar-refractivity contribution < 1.29 is 4.79 Å². The first-order chi connectivity index (χ1) is 9.29. The second kappa shape index (κ2) is 6.87. The van der Waals surface area contributed by atoms with Gasteiger partial charge in [0.2, 0.25) is 0 Å². The Morgan fingerprint density at radius 1 is 1.32 bits per heavy atom. The number of hydrogen-bond acceptors (Lipinski definition) is 4. The Morgan fingerprint density at radius 2 is 2.11 bits per heavy atom. The van der Waals surface area contributed by atoms with Crippen molar-refractivity contribution in [2.24, 2.45) is 0 Å². The van der Waals surface area contributed by atoms with Crippen molar-refractivity contribution in [3.05, 3.63) is 30.7 Å². The van der Waals surface area contributed by atoms with Gasteiger partial charge in [-0.05, 0) is 12.8 Å². The van der Waals surface area contributed by atoms with Crippen molar-refractivity contribution in [2.45, 2.75) is 38.1 Å². The van der Waals surface area contributed by atoms with Gasteiger partial charge in [-0.15, -0.1) is 6.58 Å². The summed E-state index contributed by atoms with van der Waals surface area (Å²) >= 11 is 0. The largest absolute Gasteiger partial charge is 0.365 e. The predicted molar refractivity (Wildman–Crippen MR) is 75.1 cm³/mol. The zero-order chi connectivity index (χ0) is 13.5. The van der Waals surface area contributed by atoms with Gasteiger partial charge in [0.05, 0.1) is 12.4 Å². The van der Waals surface area contributed by atoms with Crippen LogP contribution in [0.15, 0.2) is 25.0 Å². The molecule has 2 rings (SSSR count). The lowest BCUT2D eigenvalue weighted by Gasteiger charge is -2.22. The summed E-state index contributed by atoms with van der Waals surface area (Å²) in [6, 6.07) is 0.293. The maximum atomic E-state index is 12.0. The Balaban J connectivity index is 1.89. The van der Waals surface area contributed by atoms with Gasteiger partial charge in [0, 0.05) is 12.6 Å². The molecule has 0 radical (unpaired) electrons. The molecular formula is C14H20N4O. The van der Waals surface area contributed by atoms with Gasteiger partial charge in [-0.2, -0.15) is 0 Å². The van der Waals surface area contributed by atoms with Crippen LogP contribution >= 0.6 is 0 Å². The molecule has 1 aliphatic carbocycles. The van der Waals surface area contributed by atoms with Crippen LogP contribution in [0.4, 0.5) is 5.82 Å². The van der Waals surface area contributed by atoms with Gasteiger partial charge in [0.15, 0.2) is 0 Å². The summed E-state index contributed by atoms with van der Waals surface area (Å²) in [5, 5.41) is 6.04. The first-order valence-electron chi connectivity index (χ1n) is 6.77. The topological polar surface area (TPSA) is 66.9 Å². The number of anilines is 1. The minimum Gasteiger partial charge on any atom is -0.365 e. The molecule has 0 aliphatic heterocycles. The summed E-state index contributed by atoms with van der Waals surface area (Å²) in [7, 11) is 0. The van der Waals surface area contributed by atoms with E-state index in [0.29, 0.717) is 24.1 Å². The molecule has 0 bridgehead atoms. The fourth-order valence-corrected chi connectivity index (χ4v) is 2.22. The van der Waals surface area contributed by atoms with Crippen LogP contribution in [0, 0.1) is 0 Å². The molecule has 0 atom stereocenters. The Hall–Kier alpha value is -1.91. The van der Waals surface area contributed by atoms with Crippen LogP contribution < -0.4 is 10.6 Å². The number of aromatic nitrogens is 2. The maximum Gasteiger partial charge on any atom is 0.271 e. The van der Waals surface area contributed by atoms with Gasteiger partial charge in [-0.1, -0.05) is 25.3 Å². The van der Waals surface area contributed by atoms with Crippen molar-refractivity contribution in [3.63, 3.8) is 0 Å². The molecule has 1 aromatic heterocycles. The summed E-state index contributed by atoms with van der Waals surface area (Å²) in [5.41, 5.74) is 0.370. The van der Waals surface area contributed by atoms with Gasteiger partial charge >= 0.3 is 0 Å². The van der Waals surface area contributed by atoms with Crippen LogP contribution in [0.3, 0.4) is 0 Å². The first kappa shape index (κ1) is 13.5. The van der Waals surface area contributed by atoms with E-state index < -0.39 is 0 Å². The molecule has 0 spiro atoms. The minimum atomic E-state index is -0.130. The van der Waals surface area contributed by atoms with Crippen molar-refractivity contribution in [1.82, 2.24) is 15.3 Å². The number of rotatable bonds is 5. The summed E-state index contributed by atoms with van der Waals surface area (Å²) < 4.78 is 0. The maximum absolute atomic E-state index is 12.0. The fraction of sp³-hybridized carbons (Fsp3) is 0.500. The molecule has 5 heteroatoms. The normalized spacial score (nSPS) is 15.8. The van der Waals surface area contributed by atoms with Crippen molar-refractivity contribution in [2.75, 3.05) is 11.9 Å². The molecule has 0 aromatic carbocycles. The third-order valence-corrected chi connectivity index (χ3v) is 3.25. The molecular weight excluding hydrogens is 240 g/mol. The zero-order valence-electron chi connectivity index (χ0n) is 11.1. The van der Waals surface area contributed by atoms with Crippen molar-refractivity contribution in [3.8, 4) is 0 Å². The first-order valence-corrected chi connectivity index (χ1v) is 6.77. The van der Waals surface area contributed by atoms with E-state index in [0.717, 1.165) is 12.8 Å². The summed E-state index contributed by atoms with van der Waals surface area (Å²) in [5.74, 6) is 0.517. The van der Waals surface area contributed by atoms with Crippen LogP contribution in [0.25, 0.3) is 0 Å². The molecule has 1 saturated carbocycles. The standard InChI is InChI=1S/C14H20N4O/c1-2-8-15-13-10-16-12(9-17-13)14(19)18-11-6-4-3-5-7-11/h2,9-11H,1,3-8H2,(H,15,17)(H,18,19). The van der Waals surface area contributed by atoms with E-state index in [1.807, 2.05) is 0 Å². The number of hydrogen-bond donors (Lipinski definition) is 2. The number of nitrogens with zero attached hydrogens (tertiary/aromatic N) is 2. The molecule has 1 fully saturated rings. The zero-order valence-corrected chi connectivity index (χ0v) is 11.1. The SMILES string of the molecule is C=CCNc1cnc(C(=O)NC2CCCCC2)cn1. The molecule has 1 aromatic rings. The number of nitrogens with one attached hydrogen (secondary N) is 2. The van der Waals surface area contributed by atoms with Crippen LogP contribution in [0.2, 0.25) is 0 Å². The van der Waals surface area contributed by atoms with Gasteiger partial charge in [-0.3, -0.25) is 4.79 Å². The summed E-state index contributed by atoms with van der Waals surface area (Å²) in [6.07, 6.45) is 10.6. The van der Waals surface area contributed by atoms with E-state index in [4.69, 9.17) is 0 Å². The Labute approximate surface area is 113 Å². The lowest BCUT2D eigenvalue weighted by molar-refractivity contribution is 0.0922. The average molecular weight is 260 g/mol.